The molecule has 100 valence electrons. The molecule has 2 aliphatic rings. The summed E-state index contributed by atoms with van der Waals surface area (Å²) in [5, 5.41) is 1.38. The molecular weight excluding hydrogens is 300 g/mol. The molecule has 1 aliphatic heterocycles. The fraction of sp³-hybridized carbons (Fsp3) is 0.500. The molecule has 0 bridgehead atoms. The minimum atomic E-state index is 0.268. The Morgan fingerprint density at radius 3 is 2.79 bits per heavy atom. The Bertz CT molecular complexity index is 647. The molecule has 1 aromatic carbocycles. The van der Waals surface area contributed by atoms with E-state index in [2.05, 4.69) is 38.8 Å². The van der Waals surface area contributed by atoms with E-state index in [1.807, 2.05) is 0 Å². The third kappa shape index (κ3) is 1.58. The lowest BCUT2D eigenvalue weighted by Crippen LogP contribution is -2.41. The number of nitrogens with two attached hydrogens (primary N) is 1. The molecule has 1 aliphatic carbocycles. The Morgan fingerprint density at radius 2 is 2.11 bits per heavy atom. The van der Waals surface area contributed by atoms with E-state index in [0.717, 1.165) is 13.1 Å². The van der Waals surface area contributed by atoms with Gasteiger partial charge in [0, 0.05) is 34.6 Å². The number of hydrogen-bond donors (Lipinski definition) is 1. The van der Waals surface area contributed by atoms with Gasteiger partial charge < -0.3 is 10.3 Å². The van der Waals surface area contributed by atoms with Crippen LogP contribution in [-0.2, 0) is 18.4 Å². The largest absolute Gasteiger partial charge is 0.346 e. The maximum Gasteiger partial charge on any atom is 0.0524 e. The molecule has 0 saturated heterocycles. The Balaban J connectivity index is 1.97. The molecule has 2 aromatic rings. The lowest BCUT2D eigenvalue weighted by Gasteiger charge is -2.42. The van der Waals surface area contributed by atoms with Gasteiger partial charge in [-0.25, -0.2) is 0 Å². The highest BCUT2D eigenvalue weighted by Crippen LogP contribution is 2.45. The minimum Gasteiger partial charge on any atom is -0.346 e. The van der Waals surface area contributed by atoms with Crippen molar-refractivity contribution in [2.45, 2.75) is 44.1 Å². The number of halogens is 1. The van der Waals surface area contributed by atoms with Crippen molar-refractivity contribution in [1.82, 2.24) is 4.57 Å². The van der Waals surface area contributed by atoms with Gasteiger partial charge in [-0.1, -0.05) is 12.5 Å². The molecule has 0 radical (unpaired) electrons. The van der Waals surface area contributed by atoms with Gasteiger partial charge in [0.05, 0.1) is 5.52 Å². The van der Waals surface area contributed by atoms with Gasteiger partial charge in [-0.3, -0.25) is 0 Å². The molecule has 2 N–H and O–H groups in total. The second kappa shape index (κ2) is 4.10. The summed E-state index contributed by atoms with van der Waals surface area (Å²) in [5.41, 5.74) is 10.8. The van der Waals surface area contributed by atoms with E-state index in [1.54, 1.807) is 0 Å². The zero-order valence-corrected chi connectivity index (χ0v) is 12.7. The topological polar surface area (TPSA) is 30.9 Å². The Hall–Kier alpha value is -0.800. The van der Waals surface area contributed by atoms with Crippen LogP contribution in [0, 0.1) is 0 Å². The molecule has 3 heteroatoms. The highest BCUT2D eigenvalue weighted by molar-refractivity contribution is 9.10. The normalized spacial score (nSPS) is 20.5. The number of hydrogen-bond acceptors (Lipinski definition) is 1. The van der Waals surface area contributed by atoms with Gasteiger partial charge in [0.1, 0.15) is 0 Å². The summed E-state index contributed by atoms with van der Waals surface area (Å²) in [6.45, 7) is 1.94. The molecule has 1 saturated carbocycles. The van der Waals surface area contributed by atoms with E-state index in [1.165, 1.54) is 58.6 Å². The standard InChI is InChI=1S/C16H19BrN2/c17-14-9-19-6-1-3-11-7-12(8-13(14)15(11)19)16(10-18)4-2-5-16/h7-9H,1-6,10,18H2. The molecule has 0 spiro atoms. The van der Waals surface area contributed by atoms with Crippen LogP contribution >= 0.6 is 15.9 Å². The average molecular weight is 319 g/mol. The van der Waals surface area contributed by atoms with Crippen LogP contribution < -0.4 is 5.73 Å². The summed E-state index contributed by atoms with van der Waals surface area (Å²) in [6.07, 6.45) is 8.54. The van der Waals surface area contributed by atoms with Crippen molar-refractivity contribution in [2.75, 3.05) is 6.54 Å². The van der Waals surface area contributed by atoms with Crippen LogP contribution in [0.15, 0.2) is 22.8 Å². The van der Waals surface area contributed by atoms with Crippen molar-refractivity contribution in [3.8, 4) is 0 Å². The highest BCUT2D eigenvalue weighted by Gasteiger charge is 2.38. The molecule has 0 atom stereocenters. The fourth-order valence-electron chi connectivity index (χ4n) is 3.81. The molecule has 0 amide bonds. The fourth-order valence-corrected chi connectivity index (χ4v) is 4.36. The summed E-state index contributed by atoms with van der Waals surface area (Å²) < 4.78 is 3.64. The van der Waals surface area contributed by atoms with Crippen molar-refractivity contribution in [2.24, 2.45) is 5.73 Å². The summed E-state index contributed by atoms with van der Waals surface area (Å²) in [6, 6.07) is 4.83. The smallest absolute Gasteiger partial charge is 0.0524 e. The lowest BCUT2D eigenvalue weighted by molar-refractivity contribution is 0.253. The van der Waals surface area contributed by atoms with Gasteiger partial charge in [-0.2, -0.15) is 0 Å². The van der Waals surface area contributed by atoms with Crippen LogP contribution in [0.3, 0.4) is 0 Å². The van der Waals surface area contributed by atoms with Crippen molar-refractivity contribution >= 4 is 26.8 Å². The minimum absolute atomic E-state index is 0.268. The summed E-state index contributed by atoms with van der Waals surface area (Å²) in [5.74, 6) is 0. The maximum atomic E-state index is 6.08. The van der Waals surface area contributed by atoms with Gasteiger partial charge in [0.25, 0.3) is 0 Å². The van der Waals surface area contributed by atoms with Gasteiger partial charge in [-0.15, -0.1) is 0 Å². The van der Waals surface area contributed by atoms with E-state index in [-0.39, 0.29) is 5.41 Å². The van der Waals surface area contributed by atoms with Crippen LogP contribution in [0.25, 0.3) is 10.9 Å². The van der Waals surface area contributed by atoms with Crippen molar-refractivity contribution < 1.29 is 0 Å². The maximum absolute atomic E-state index is 6.08. The molecule has 0 unspecified atom stereocenters. The van der Waals surface area contributed by atoms with Crippen molar-refractivity contribution in [1.29, 1.82) is 0 Å². The summed E-state index contributed by atoms with van der Waals surface area (Å²) >= 11 is 3.73. The highest BCUT2D eigenvalue weighted by atomic mass is 79.9. The number of aryl methyl sites for hydroxylation is 2. The molecule has 4 rings (SSSR count). The third-order valence-electron chi connectivity index (χ3n) is 5.16. The molecule has 1 aromatic heterocycles. The number of rotatable bonds is 2. The average Bonchev–Trinajstić information content (AvgIpc) is 2.68. The summed E-state index contributed by atoms with van der Waals surface area (Å²) in [7, 11) is 0. The van der Waals surface area contributed by atoms with Crippen molar-refractivity contribution in [3.05, 3.63) is 33.9 Å². The predicted octanol–water partition coefficient (Wildman–Crippen LogP) is 3.73. The second-order valence-electron chi connectivity index (χ2n) is 6.14. The predicted molar refractivity (Wildman–Crippen MR) is 82.5 cm³/mol. The zero-order valence-electron chi connectivity index (χ0n) is 11.1. The van der Waals surface area contributed by atoms with Crippen LogP contribution in [0.2, 0.25) is 0 Å². The van der Waals surface area contributed by atoms with Crippen LogP contribution in [0.1, 0.15) is 36.8 Å². The monoisotopic (exact) mass is 318 g/mol. The zero-order chi connectivity index (χ0) is 13.0. The van der Waals surface area contributed by atoms with Gasteiger partial charge in [0.15, 0.2) is 0 Å². The molecule has 2 nitrogen and oxygen atoms in total. The Labute approximate surface area is 122 Å². The first-order valence-corrected chi connectivity index (χ1v) is 8.05. The molecule has 2 heterocycles. The quantitative estimate of drug-likeness (QED) is 0.898. The van der Waals surface area contributed by atoms with Crippen LogP contribution in [0.4, 0.5) is 0 Å². The van der Waals surface area contributed by atoms with E-state index in [9.17, 15) is 0 Å². The van der Waals surface area contributed by atoms with E-state index in [0.29, 0.717) is 0 Å². The second-order valence-corrected chi connectivity index (χ2v) is 7.00. The molecule has 1 fully saturated rings. The lowest BCUT2D eigenvalue weighted by atomic mass is 9.64. The molecular formula is C16H19BrN2. The number of aromatic nitrogens is 1. The summed E-state index contributed by atoms with van der Waals surface area (Å²) in [4.78, 5) is 0. The van der Waals surface area contributed by atoms with Gasteiger partial charge in [0.2, 0.25) is 0 Å². The number of nitrogens with zero attached hydrogens (tertiary/aromatic N) is 1. The first kappa shape index (κ1) is 12.0. The first-order valence-electron chi connectivity index (χ1n) is 7.25. The van der Waals surface area contributed by atoms with E-state index < -0.39 is 0 Å². The van der Waals surface area contributed by atoms with Gasteiger partial charge in [-0.05, 0) is 58.8 Å². The van der Waals surface area contributed by atoms with E-state index in [4.69, 9.17) is 5.73 Å². The van der Waals surface area contributed by atoms with Crippen molar-refractivity contribution in [3.63, 3.8) is 0 Å². The Kier molecular flexibility index (Phi) is 2.58. The Morgan fingerprint density at radius 1 is 1.26 bits per heavy atom. The van der Waals surface area contributed by atoms with Crippen LogP contribution in [-0.4, -0.2) is 11.1 Å². The van der Waals surface area contributed by atoms with E-state index >= 15 is 0 Å². The molecule has 19 heavy (non-hydrogen) atoms. The third-order valence-corrected chi connectivity index (χ3v) is 5.79. The first-order chi connectivity index (χ1) is 9.23. The van der Waals surface area contributed by atoms with Crippen LogP contribution in [0.5, 0.6) is 0 Å². The van der Waals surface area contributed by atoms with Gasteiger partial charge >= 0.3 is 0 Å². The SMILES string of the molecule is NCC1(c2cc3c4c(c2)c(Br)cn4CCC3)CCC1. The number of benzene rings is 1.